The Kier molecular flexibility index (Phi) is 5.02. The number of nitro groups is 1. The number of nitro benzene ring substituents is 1. The van der Waals surface area contributed by atoms with Crippen LogP contribution in [0.5, 0.6) is 17.2 Å². The Morgan fingerprint density at radius 3 is 2.55 bits per heavy atom. The molecular formula is C21H23N3O5. The van der Waals surface area contributed by atoms with Gasteiger partial charge in [0.2, 0.25) is 0 Å². The molecule has 0 saturated carbocycles. The summed E-state index contributed by atoms with van der Waals surface area (Å²) in [5.74, 6) is 0.738. The molecule has 3 aromatic rings. The summed E-state index contributed by atoms with van der Waals surface area (Å²) in [6, 6.07) is 8.09. The van der Waals surface area contributed by atoms with Gasteiger partial charge in [-0.25, -0.2) is 0 Å². The number of benzene rings is 2. The van der Waals surface area contributed by atoms with E-state index in [0.29, 0.717) is 5.56 Å². The highest BCUT2D eigenvalue weighted by Gasteiger charge is 2.32. The predicted octanol–water partition coefficient (Wildman–Crippen LogP) is 3.98. The molecule has 2 aromatic carbocycles. The molecular weight excluding hydrogens is 374 g/mol. The highest BCUT2D eigenvalue weighted by molar-refractivity contribution is 5.86. The molecule has 1 fully saturated rings. The van der Waals surface area contributed by atoms with Crippen molar-refractivity contribution in [2.75, 3.05) is 27.3 Å². The number of non-ortho nitro benzene ring substituents is 1. The Hall–Kier alpha value is -3.26. The van der Waals surface area contributed by atoms with Gasteiger partial charge in [-0.15, -0.1) is 0 Å². The fraction of sp³-hybridized carbons (Fsp3) is 0.333. The number of phenols is 1. The Balaban J connectivity index is 1.95. The second-order valence-corrected chi connectivity index (χ2v) is 7.14. The van der Waals surface area contributed by atoms with Crippen LogP contribution in [-0.2, 0) is 0 Å². The summed E-state index contributed by atoms with van der Waals surface area (Å²) >= 11 is 0. The summed E-state index contributed by atoms with van der Waals surface area (Å²) in [5, 5.41) is 23.3. The zero-order chi connectivity index (χ0) is 20.5. The Labute approximate surface area is 167 Å². The van der Waals surface area contributed by atoms with Crippen molar-refractivity contribution in [1.82, 2.24) is 9.88 Å². The average Bonchev–Trinajstić information content (AvgIpc) is 3.39. The van der Waals surface area contributed by atoms with Crippen LogP contribution in [0, 0.1) is 10.1 Å². The number of H-pyrrole nitrogens is 1. The molecule has 0 aliphatic carbocycles. The number of phenolic OH excluding ortho intramolecular Hbond substituents is 1. The fourth-order valence-corrected chi connectivity index (χ4v) is 4.12. The van der Waals surface area contributed by atoms with Crippen molar-refractivity contribution < 1.29 is 19.5 Å². The SMILES string of the molecule is COc1ccc2[nH]cc(C(c3cc([N+](=O)[O-])cc(OC)c3O)N3CCCC3)c2c1. The maximum Gasteiger partial charge on any atom is 0.273 e. The smallest absolute Gasteiger partial charge is 0.273 e. The number of methoxy groups -OCH3 is 2. The molecule has 1 saturated heterocycles. The number of rotatable bonds is 6. The van der Waals surface area contributed by atoms with E-state index < -0.39 is 4.92 Å². The number of aromatic amines is 1. The summed E-state index contributed by atoms with van der Waals surface area (Å²) in [7, 11) is 3.01. The van der Waals surface area contributed by atoms with E-state index in [1.165, 1.54) is 19.2 Å². The van der Waals surface area contributed by atoms with Crippen molar-refractivity contribution in [3.05, 3.63) is 57.8 Å². The summed E-state index contributed by atoms with van der Waals surface area (Å²) < 4.78 is 10.6. The molecule has 1 atom stereocenters. The number of fused-ring (bicyclic) bond motifs is 1. The lowest BCUT2D eigenvalue weighted by Crippen LogP contribution is -2.26. The standard InChI is InChI=1S/C21H23N3O5/c1-28-14-5-6-18-15(11-14)17(12-22-18)20(23-7-3-4-8-23)16-9-13(24(26)27)10-19(29-2)21(16)25/h5-6,9-12,20,22,25H,3-4,7-8H2,1-2H3. The van der Waals surface area contributed by atoms with Crippen LogP contribution in [0.15, 0.2) is 36.5 Å². The molecule has 2 N–H and O–H groups in total. The van der Waals surface area contributed by atoms with Crippen molar-refractivity contribution in [3.63, 3.8) is 0 Å². The van der Waals surface area contributed by atoms with Gasteiger partial charge < -0.3 is 19.6 Å². The number of aromatic hydroxyl groups is 1. The molecule has 29 heavy (non-hydrogen) atoms. The van der Waals surface area contributed by atoms with Crippen LogP contribution >= 0.6 is 0 Å². The molecule has 2 heterocycles. The lowest BCUT2D eigenvalue weighted by molar-refractivity contribution is -0.385. The topological polar surface area (TPSA) is 101 Å². The highest BCUT2D eigenvalue weighted by Crippen LogP contribution is 2.45. The lowest BCUT2D eigenvalue weighted by atomic mass is 9.95. The van der Waals surface area contributed by atoms with E-state index >= 15 is 0 Å². The molecule has 1 aliphatic rings. The summed E-state index contributed by atoms with van der Waals surface area (Å²) in [4.78, 5) is 16.5. The molecule has 0 amide bonds. The zero-order valence-corrected chi connectivity index (χ0v) is 16.3. The Morgan fingerprint density at radius 1 is 1.14 bits per heavy atom. The van der Waals surface area contributed by atoms with Crippen LogP contribution in [0.2, 0.25) is 0 Å². The van der Waals surface area contributed by atoms with Gasteiger partial charge in [-0.1, -0.05) is 0 Å². The van der Waals surface area contributed by atoms with Gasteiger partial charge in [-0.3, -0.25) is 15.0 Å². The molecule has 8 heteroatoms. The fourth-order valence-electron chi connectivity index (χ4n) is 4.12. The Bertz CT molecular complexity index is 1060. The van der Waals surface area contributed by atoms with Crippen LogP contribution in [0.25, 0.3) is 10.9 Å². The molecule has 1 aromatic heterocycles. The third-order valence-electron chi connectivity index (χ3n) is 5.54. The Morgan fingerprint density at radius 2 is 1.90 bits per heavy atom. The first-order valence-electron chi connectivity index (χ1n) is 9.48. The molecule has 0 radical (unpaired) electrons. The monoisotopic (exact) mass is 397 g/mol. The van der Waals surface area contributed by atoms with E-state index in [9.17, 15) is 15.2 Å². The maximum absolute atomic E-state index is 11.5. The second-order valence-electron chi connectivity index (χ2n) is 7.14. The van der Waals surface area contributed by atoms with Crippen LogP contribution in [0.1, 0.15) is 30.0 Å². The number of nitrogens with one attached hydrogen (secondary N) is 1. The van der Waals surface area contributed by atoms with Gasteiger partial charge in [0.05, 0.1) is 31.3 Å². The molecule has 0 spiro atoms. The van der Waals surface area contributed by atoms with E-state index in [2.05, 4.69) is 9.88 Å². The van der Waals surface area contributed by atoms with Crippen LogP contribution in [0.3, 0.4) is 0 Å². The van der Waals surface area contributed by atoms with Gasteiger partial charge in [-0.2, -0.15) is 0 Å². The van der Waals surface area contributed by atoms with Gasteiger partial charge in [0.15, 0.2) is 11.5 Å². The van der Waals surface area contributed by atoms with E-state index in [1.54, 1.807) is 7.11 Å². The van der Waals surface area contributed by atoms with E-state index in [0.717, 1.165) is 48.1 Å². The number of aromatic nitrogens is 1. The molecule has 1 unspecified atom stereocenters. The summed E-state index contributed by atoms with van der Waals surface area (Å²) in [6.45, 7) is 1.68. The van der Waals surface area contributed by atoms with Crippen molar-refractivity contribution in [3.8, 4) is 17.2 Å². The molecule has 0 bridgehead atoms. The minimum atomic E-state index is -0.468. The van der Waals surface area contributed by atoms with Crippen molar-refractivity contribution in [1.29, 1.82) is 0 Å². The third kappa shape index (κ3) is 3.36. The first-order chi connectivity index (χ1) is 14.0. The normalized spacial score (nSPS) is 15.5. The number of hydrogen-bond donors (Lipinski definition) is 2. The number of ether oxygens (including phenoxy) is 2. The van der Waals surface area contributed by atoms with Crippen LogP contribution in [-0.4, -0.2) is 47.2 Å². The average molecular weight is 397 g/mol. The minimum Gasteiger partial charge on any atom is -0.504 e. The molecule has 1 aliphatic heterocycles. The number of nitrogens with zero attached hydrogens (tertiary/aromatic N) is 2. The van der Waals surface area contributed by atoms with Gasteiger partial charge in [0.25, 0.3) is 5.69 Å². The van der Waals surface area contributed by atoms with Crippen LogP contribution in [0.4, 0.5) is 5.69 Å². The summed E-state index contributed by atoms with van der Waals surface area (Å²) in [5.41, 5.74) is 2.21. The highest BCUT2D eigenvalue weighted by atomic mass is 16.6. The summed E-state index contributed by atoms with van der Waals surface area (Å²) in [6.07, 6.45) is 3.97. The maximum atomic E-state index is 11.5. The largest absolute Gasteiger partial charge is 0.504 e. The van der Waals surface area contributed by atoms with E-state index in [-0.39, 0.29) is 23.2 Å². The van der Waals surface area contributed by atoms with Crippen molar-refractivity contribution in [2.45, 2.75) is 18.9 Å². The van der Waals surface area contributed by atoms with Gasteiger partial charge in [0, 0.05) is 28.7 Å². The first kappa shape index (κ1) is 19.1. The minimum absolute atomic E-state index is 0.0766. The second kappa shape index (κ2) is 7.63. The van der Waals surface area contributed by atoms with Gasteiger partial charge in [-0.05, 0) is 49.7 Å². The van der Waals surface area contributed by atoms with Gasteiger partial charge >= 0.3 is 0 Å². The van der Waals surface area contributed by atoms with Crippen molar-refractivity contribution >= 4 is 16.6 Å². The lowest BCUT2D eigenvalue weighted by Gasteiger charge is -2.28. The van der Waals surface area contributed by atoms with Crippen molar-refractivity contribution in [2.24, 2.45) is 0 Å². The first-order valence-corrected chi connectivity index (χ1v) is 9.48. The number of likely N-dealkylation sites (tertiary alicyclic amines) is 1. The predicted molar refractivity (Wildman–Crippen MR) is 109 cm³/mol. The third-order valence-corrected chi connectivity index (χ3v) is 5.54. The zero-order valence-electron chi connectivity index (χ0n) is 16.3. The van der Waals surface area contributed by atoms with Gasteiger partial charge in [0.1, 0.15) is 5.75 Å². The molecule has 4 rings (SSSR count). The van der Waals surface area contributed by atoms with Crippen LogP contribution < -0.4 is 9.47 Å². The number of hydrogen-bond acceptors (Lipinski definition) is 6. The molecule has 152 valence electrons. The van der Waals surface area contributed by atoms with E-state index in [4.69, 9.17) is 9.47 Å². The quantitative estimate of drug-likeness (QED) is 0.482. The molecule has 8 nitrogen and oxygen atoms in total. The van der Waals surface area contributed by atoms with E-state index in [1.807, 2.05) is 24.4 Å².